The van der Waals surface area contributed by atoms with Crippen molar-refractivity contribution in [1.29, 1.82) is 0 Å². The number of aryl methyl sites for hydroxylation is 1. The summed E-state index contributed by atoms with van der Waals surface area (Å²) >= 11 is 0. The third kappa shape index (κ3) is 2.26. The maximum absolute atomic E-state index is 12.3. The lowest BCUT2D eigenvalue weighted by Crippen LogP contribution is -2.11. The Balaban J connectivity index is 2.16. The lowest BCUT2D eigenvalue weighted by molar-refractivity contribution is 0.512. The molecule has 3 aromatic rings. The van der Waals surface area contributed by atoms with E-state index in [4.69, 9.17) is 4.42 Å². The summed E-state index contributed by atoms with van der Waals surface area (Å²) in [5.41, 5.74) is 1.88. The minimum absolute atomic E-state index is 0.265. The summed E-state index contributed by atoms with van der Waals surface area (Å²) in [4.78, 5) is 16.3. The van der Waals surface area contributed by atoms with Crippen molar-refractivity contribution in [1.82, 2.24) is 4.98 Å². The Morgan fingerprint density at radius 3 is 1.95 bits per heavy atom. The Kier molecular flexibility index (Phi) is 3.17. The molecule has 1 aromatic heterocycles. The van der Waals surface area contributed by atoms with Crippen LogP contribution in [0.2, 0.25) is 0 Å². The molecule has 3 nitrogen and oxygen atoms in total. The van der Waals surface area contributed by atoms with E-state index < -0.39 is 0 Å². The molecule has 0 saturated heterocycles. The molecule has 0 amide bonds. The average molecular weight is 263 g/mol. The van der Waals surface area contributed by atoms with Gasteiger partial charge in [0.1, 0.15) is 5.76 Å². The quantitative estimate of drug-likeness (QED) is 0.708. The molecule has 1 heterocycles. The molecule has 0 spiro atoms. The Labute approximate surface area is 116 Å². The summed E-state index contributed by atoms with van der Waals surface area (Å²) in [5.74, 6) is 0.933. The second-order valence-corrected chi connectivity index (χ2v) is 4.49. The van der Waals surface area contributed by atoms with E-state index in [1.165, 1.54) is 0 Å². The van der Waals surface area contributed by atoms with E-state index in [2.05, 4.69) is 4.98 Å². The first-order valence-electron chi connectivity index (χ1n) is 6.38. The zero-order valence-corrected chi connectivity index (χ0v) is 11.0. The Hall–Kier alpha value is -2.68. The Bertz CT molecular complexity index is 777. The minimum atomic E-state index is -0.265. The number of hydrogen-bond donors (Lipinski definition) is 0. The Morgan fingerprint density at radius 2 is 1.40 bits per heavy atom. The summed E-state index contributed by atoms with van der Waals surface area (Å²) in [6, 6.07) is 18.9. The molecular formula is C17H13NO2. The highest BCUT2D eigenvalue weighted by Crippen LogP contribution is 2.23. The van der Waals surface area contributed by atoms with Crippen molar-refractivity contribution in [2.24, 2.45) is 0 Å². The molecule has 0 bridgehead atoms. The van der Waals surface area contributed by atoms with Crippen LogP contribution in [0.15, 0.2) is 69.9 Å². The fourth-order valence-electron chi connectivity index (χ4n) is 2.15. The first kappa shape index (κ1) is 12.4. The zero-order valence-electron chi connectivity index (χ0n) is 11.0. The third-order valence-electron chi connectivity index (χ3n) is 3.10. The molecule has 0 fully saturated rings. The van der Waals surface area contributed by atoms with Crippen molar-refractivity contribution in [2.75, 3.05) is 0 Å². The van der Waals surface area contributed by atoms with Crippen molar-refractivity contribution < 1.29 is 4.42 Å². The van der Waals surface area contributed by atoms with Crippen molar-refractivity contribution in [3.63, 3.8) is 0 Å². The maximum Gasteiger partial charge on any atom is 0.284 e. The number of rotatable bonds is 2. The van der Waals surface area contributed by atoms with E-state index in [1.807, 2.05) is 60.7 Å². The summed E-state index contributed by atoms with van der Waals surface area (Å²) in [6.07, 6.45) is 0. The van der Waals surface area contributed by atoms with E-state index >= 15 is 0 Å². The molecule has 3 rings (SSSR count). The number of hydrogen-bond acceptors (Lipinski definition) is 3. The van der Waals surface area contributed by atoms with Crippen LogP contribution in [-0.2, 0) is 0 Å². The molecule has 0 N–H and O–H groups in total. The van der Waals surface area contributed by atoms with Gasteiger partial charge in [0.05, 0.1) is 5.56 Å². The van der Waals surface area contributed by atoms with Crippen LogP contribution in [-0.4, -0.2) is 4.98 Å². The standard InChI is InChI=1S/C17H13NO2/c1-12-15(13-8-4-2-5-9-13)16(19)18-17(20-12)14-10-6-3-7-11-14/h2-11H,1H3. The highest BCUT2D eigenvalue weighted by Gasteiger charge is 2.13. The van der Waals surface area contributed by atoms with Crippen LogP contribution in [0.3, 0.4) is 0 Å². The highest BCUT2D eigenvalue weighted by molar-refractivity contribution is 5.65. The second kappa shape index (κ2) is 5.13. The Morgan fingerprint density at radius 1 is 0.850 bits per heavy atom. The maximum atomic E-state index is 12.3. The second-order valence-electron chi connectivity index (χ2n) is 4.49. The smallest absolute Gasteiger partial charge is 0.284 e. The molecular weight excluding hydrogens is 250 g/mol. The zero-order chi connectivity index (χ0) is 13.9. The number of nitrogens with zero attached hydrogens (tertiary/aromatic N) is 1. The van der Waals surface area contributed by atoms with Gasteiger partial charge in [0.2, 0.25) is 5.89 Å². The van der Waals surface area contributed by atoms with Gasteiger partial charge in [0.25, 0.3) is 5.56 Å². The van der Waals surface area contributed by atoms with Crippen LogP contribution in [0.25, 0.3) is 22.6 Å². The van der Waals surface area contributed by atoms with Crippen molar-refractivity contribution >= 4 is 0 Å². The molecule has 0 aliphatic carbocycles. The van der Waals surface area contributed by atoms with E-state index in [9.17, 15) is 4.79 Å². The highest BCUT2D eigenvalue weighted by atomic mass is 16.3. The fourth-order valence-corrected chi connectivity index (χ4v) is 2.15. The molecule has 3 heteroatoms. The summed E-state index contributed by atoms with van der Waals surface area (Å²) < 4.78 is 5.72. The van der Waals surface area contributed by atoms with Crippen molar-refractivity contribution in [2.45, 2.75) is 6.92 Å². The molecule has 0 unspecified atom stereocenters. The van der Waals surface area contributed by atoms with Crippen LogP contribution in [0.5, 0.6) is 0 Å². The van der Waals surface area contributed by atoms with Crippen LogP contribution in [0, 0.1) is 6.92 Å². The van der Waals surface area contributed by atoms with Gasteiger partial charge in [-0.15, -0.1) is 0 Å². The molecule has 0 aliphatic rings. The van der Waals surface area contributed by atoms with Gasteiger partial charge in [-0.3, -0.25) is 4.79 Å². The normalized spacial score (nSPS) is 10.4. The van der Waals surface area contributed by atoms with Crippen molar-refractivity contribution in [3.8, 4) is 22.6 Å². The fraction of sp³-hybridized carbons (Fsp3) is 0.0588. The first-order valence-corrected chi connectivity index (χ1v) is 6.38. The molecule has 2 aromatic carbocycles. The van der Waals surface area contributed by atoms with E-state index in [0.717, 1.165) is 11.1 Å². The monoisotopic (exact) mass is 263 g/mol. The number of aromatic nitrogens is 1. The predicted molar refractivity (Wildman–Crippen MR) is 78.4 cm³/mol. The molecule has 98 valence electrons. The molecule has 0 radical (unpaired) electrons. The van der Waals surface area contributed by atoms with Gasteiger partial charge in [0, 0.05) is 5.56 Å². The van der Waals surface area contributed by atoms with Crippen LogP contribution < -0.4 is 5.56 Å². The first-order chi connectivity index (χ1) is 9.75. The molecule has 0 saturated carbocycles. The molecule has 20 heavy (non-hydrogen) atoms. The number of benzene rings is 2. The van der Waals surface area contributed by atoms with Gasteiger partial charge in [-0.05, 0) is 24.6 Å². The van der Waals surface area contributed by atoms with Gasteiger partial charge >= 0.3 is 0 Å². The van der Waals surface area contributed by atoms with Gasteiger partial charge in [-0.1, -0.05) is 48.5 Å². The summed E-state index contributed by atoms with van der Waals surface area (Å²) in [5, 5.41) is 0. The van der Waals surface area contributed by atoms with Crippen molar-refractivity contribution in [3.05, 3.63) is 76.8 Å². The summed E-state index contributed by atoms with van der Waals surface area (Å²) in [6.45, 7) is 1.79. The van der Waals surface area contributed by atoms with Crippen LogP contribution in [0.4, 0.5) is 0 Å². The van der Waals surface area contributed by atoms with E-state index in [0.29, 0.717) is 17.2 Å². The average Bonchev–Trinajstić information content (AvgIpc) is 2.48. The van der Waals surface area contributed by atoms with Gasteiger partial charge in [0.15, 0.2) is 0 Å². The summed E-state index contributed by atoms with van der Waals surface area (Å²) in [7, 11) is 0. The van der Waals surface area contributed by atoms with Gasteiger partial charge in [-0.25, -0.2) is 0 Å². The lowest BCUT2D eigenvalue weighted by Gasteiger charge is -2.06. The van der Waals surface area contributed by atoms with Gasteiger partial charge < -0.3 is 4.42 Å². The minimum Gasteiger partial charge on any atom is -0.442 e. The van der Waals surface area contributed by atoms with Gasteiger partial charge in [-0.2, -0.15) is 4.98 Å². The van der Waals surface area contributed by atoms with E-state index in [1.54, 1.807) is 6.92 Å². The molecule has 0 aliphatic heterocycles. The SMILES string of the molecule is Cc1oc(-c2ccccc2)nc(=O)c1-c1ccccc1. The van der Waals surface area contributed by atoms with Crippen LogP contribution >= 0.6 is 0 Å². The lowest BCUT2D eigenvalue weighted by atomic mass is 10.1. The molecule has 0 atom stereocenters. The topological polar surface area (TPSA) is 43.1 Å². The predicted octanol–water partition coefficient (Wildman–Crippen LogP) is 3.68. The van der Waals surface area contributed by atoms with Crippen LogP contribution in [0.1, 0.15) is 5.76 Å². The largest absolute Gasteiger partial charge is 0.442 e. The third-order valence-corrected chi connectivity index (χ3v) is 3.10. The van der Waals surface area contributed by atoms with E-state index in [-0.39, 0.29) is 5.56 Å².